The fraction of sp³-hybridized carbons (Fsp3) is 0.160. The molecule has 144 valence electrons. The third-order valence-corrected chi connectivity index (χ3v) is 5.68. The minimum absolute atomic E-state index is 0.226. The highest BCUT2D eigenvalue weighted by Gasteiger charge is 2.30. The molecule has 0 amide bonds. The second-order valence-corrected chi connectivity index (χ2v) is 7.24. The van der Waals surface area contributed by atoms with E-state index in [1.54, 1.807) is 14.2 Å². The SMILES string of the molecule is COc1cc2c(cc1OC)-c1c3ccccc3cc(-c3ccc(F)cc3)[n+]1CC2. The molecule has 0 unspecified atom stereocenters. The molecular formula is C25H21FNO2+. The van der Waals surface area contributed by atoms with Crippen LogP contribution < -0.4 is 14.0 Å². The van der Waals surface area contributed by atoms with Crippen LogP contribution in [0.3, 0.4) is 0 Å². The molecule has 0 N–H and O–H groups in total. The minimum Gasteiger partial charge on any atom is -0.493 e. The Morgan fingerprint density at radius 3 is 2.34 bits per heavy atom. The molecule has 0 saturated heterocycles. The zero-order chi connectivity index (χ0) is 20.0. The number of nitrogens with zero attached hydrogens (tertiary/aromatic N) is 1. The van der Waals surface area contributed by atoms with Gasteiger partial charge in [-0.25, -0.2) is 4.39 Å². The van der Waals surface area contributed by atoms with Gasteiger partial charge in [0.05, 0.1) is 25.2 Å². The number of benzene rings is 3. The third kappa shape index (κ3) is 2.83. The maximum atomic E-state index is 13.5. The second-order valence-electron chi connectivity index (χ2n) is 7.24. The summed E-state index contributed by atoms with van der Waals surface area (Å²) in [5.41, 5.74) is 5.63. The normalized spacial score (nSPS) is 12.4. The standard InChI is InChI=1S/C25H21FNO2/c1-28-23-14-18-11-12-27-22(16-7-9-19(26)10-8-16)13-17-5-3-4-6-20(17)25(27)21(18)15-24(23)29-2/h3-10,13-15H,11-12H2,1-2H3/q+1. The van der Waals surface area contributed by atoms with Crippen LogP contribution in [0, 0.1) is 5.82 Å². The number of rotatable bonds is 3. The summed E-state index contributed by atoms with van der Waals surface area (Å²) in [6, 6.07) is 21.5. The number of hydrogen-bond acceptors (Lipinski definition) is 2. The van der Waals surface area contributed by atoms with Gasteiger partial charge in [-0.05, 0) is 53.4 Å². The van der Waals surface area contributed by atoms with Crippen LogP contribution in [0.4, 0.5) is 4.39 Å². The van der Waals surface area contributed by atoms with Crippen molar-refractivity contribution < 1.29 is 18.4 Å². The minimum atomic E-state index is -0.226. The fourth-order valence-electron chi connectivity index (χ4n) is 4.29. The first-order chi connectivity index (χ1) is 14.2. The van der Waals surface area contributed by atoms with E-state index in [1.807, 2.05) is 18.2 Å². The van der Waals surface area contributed by atoms with Gasteiger partial charge in [0, 0.05) is 18.1 Å². The van der Waals surface area contributed by atoms with Crippen LogP contribution >= 0.6 is 0 Å². The van der Waals surface area contributed by atoms with E-state index in [-0.39, 0.29) is 5.82 Å². The molecule has 3 aromatic carbocycles. The number of halogens is 1. The van der Waals surface area contributed by atoms with Gasteiger partial charge in [0.25, 0.3) is 0 Å². The molecule has 0 radical (unpaired) electrons. The number of ether oxygens (including phenoxy) is 2. The Labute approximate surface area is 169 Å². The largest absolute Gasteiger partial charge is 0.493 e. The molecule has 1 aromatic heterocycles. The van der Waals surface area contributed by atoms with E-state index in [0.29, 0.717) is 0 Å². The van der Waals surface area contributed by atoms with E-state index >= 15 is 0 Å². The van der Waals surface area contributed by atoms with E-state index < -0.39 is 0 Å². The van der Waals surface area contributed by atoms with E-state index in [4.69, 9.17) is 9.47 Å². The topological polar surface area (TPSA) is 22.3 Å². The first kappa shape index (κ1) is 17.7. The molecule has 0 saturated carbocycles. The van der Waals surface area contributed by atoms with Crippen molar-refractivity contribution in [1.82, 2.24) is 0 Å². The number of aryl methyl sites for hydroxylation is 1. The molecule has 4 heteroatoms. The summed E-state index contributed by atoms with van der Waals surface area (Å²) in [4.78, 5) is 0. The summed E-state index contributed by atoms with van der Waals surface area (Å²) in [6.45, 7) is 0.843. The van der Waals surface area contributed by atoms with E-state index in [1.165, 1.54) is 23.1 Å². The number of methoxy groups -OCH3 is 2. The van der Waals surface area contributed by atoms with Gasteiger partial charge in [0.1, 0.15) is 5.82 Å². The molecular weight excluding hydrogens is 365 g/mol. The van der Waals surface area contributed by atoms with Crippen molar-refractivity contribution in [3.05, 3.63) is 78.1 Å². The predicted molar refractivity (Wildman–Crippen MR) is 112 cm³/mol. The smallest absolute Gasteiger partial charge is 0.221 e. The molecule has 0 bridgehead atoms. The van der Waals surface area contributed by atoms with Crippen LogP contribution in [0.2, 0.25) is 0 Å². The van der Waals surface area contributed by atoms with E-state index in [9.17, 15) is 4.39 Å². The molecule has 4 aromatic rings. The van der Waals surface area contributed by atoms with Gasteiger partial charge in [0.2, 0.25) is 11.4 Å². The highest BCUT2D eigenvalue weighted by Crippen LogP contribution is 2.40. The van der Waals surface area contributed by atoms with Crippen LogP contribution in [0.5, 0.6) is 11.5 Å². The number of fused-ring (bicyclic) bond motifs is 5. The summed E-state index contributed by atoms with van der Waals surface area (Å²) in [5, 5.41) is 2.34. The van der Waals surface area contributed by atoms with Crippen LogP contribution in [0.25, 0.3) is 33.3 Å². The van der Waals surface area contributed by atoms with Gasteiger partial charge in [-0.3, -0.25) is 0 Å². The van der Waals surface area contributed by atoms with Crippen molar-refractivity contribution in [1.29, 1.82) is 0 Å². The van der Waals surface area contributed by atoms with Crippen molar-refractivity contribution in [3.8, 4) is 34.0 Å². The highest BCUT2D eigenvalue weighted by atomic mass is 19.1. The Kier molecular flexibility index (Phi) is 4.20. The van der Waals surface area contributed by atoms with Crippen LogP contribution in [0.1, 0.15) is 5.56 Å². The fourth-order valence-corrected chi connectivity index (χ4v) is 4.29. The maximum absolute atomic E-state index is 13.5. The Morgan fingerprint density at radius 2 is 1.59 bits per heavy atom. The summed E-state index contributed by atoms with van der Waals surface area (Å²) < 4.78 is 26.9. The van der Waals surface area contributed by atoms with Crippen molar-refractivity contribution in [2.24, 2.45) is 0 Å². The molecule has 5 rings (SSSR count). The second kappa shape index (κ2) is 6.89. The van der Waals surface area contributed by atoms with Gasteiger partial charge in [0.15, 0.2) is 18.0 Å². The molecule has 0 atom stereocenters. The number of pyridine rings is 1. The zero-order valence-corrected chi connectivity index (χ0v) is 16.4. The summed E-state index contributed by atoms with van der Waals surface area (Å²) in [7, 11) is 3.33. The lowest BCUT2D eigenvalue weighted by Crippen LogP contribution is -2.42. The van der Waals surface area contributed by atoms with Crippen molar-refractivity contribution in [2.75, 3.05) is 14.2 Å². The van der Waals surface area contributed by atoms with Crippen molar-refractivity contribution >= 4 is 10.8 Å². The number of aromatic nitrogens is 1. The average molecular weight is 386 g/mol. The van der Waals surface area contributed by atoms with Gasteiger partial charge < -0.3 is 9.47 Å². The lowest BCUT2D eigenvalue weighted by Gasteiger charge is -2.21. The quantitative estimate of drug-likeness (QED) is 0.453. The monoisotopic (exact) mass is 386 g/mol. The summed E-state index contributed by atoms with van der Waals surface area (Å²) >= 11 is 0. The van der Waals surface area contributed by atoms with Crippen LogP contribution in [0.15, 0.2) is 66.7 Å². The lowest BCUT2D eigenvalue weighted by molar-refractivity contribution is -0.675. The molecule has 0 fully saturated rings. The Bertz CT molecular complexity index is 1230. The van der Waals surface area contributed by atoms with E-state index in [0.717, 1.165) is 52.4 Å². The third-order valence-electron chi connectivity index (χ3n) is 5.68. The highest BCUT2D eigenvalue weighted by molar-refractivity contribution is 5.96. The molecule has 1 aliphatic rings. The molecule has 3 nitrogen and oxygen atoms in total. The van der Waals surface area contributed by atoms with Crippen LogP contribution in [-0.4, -0.2) is 14.2 Å². The van der Waals surface area contributed by atoms with Gasteiger partial charge in [-0.15, -0.1) is 0 Å². The van der Waals surface area contributed by atoms with Crippen LogP contribution in [-0.2, 0) is 13.0 Å². The first-order valence-corrected chi connectivity index (χ1v) is 9.66. The van der Waals surface area contributed by atoms with Gasteiger partial charge in [-0.1, -0.05) is 18.2 Å². The Morgan fingerprint density at radius 1 is 0.862 bits per heavy atom. The average Bonchev–Trinajstić information content (AvgIpc) is 2.77. The summed E-state index contributed by atoms with van der Waals surface area (Å²) in [6.07, 6.45) is 0.889. The zero-order valence-electron chi connectivity index (χ0n) is 16.4. The molecule has 1 aliphatic heterocycles. The van der Waals surface area contributed by atoms with Crippen molar-refractivity contribution in [3.63, 3.8) is 0 Å². The van der Waals surface area contributed by atoms with Crippen molar-refractivity contribution in [2.45, 2.75) is 13.0 Å². The summed E-state index contributed by atoms with van der Waals surface area (Å²) in [5.74, 6) is 1.24. The molecule has 29 heavy (non-hydrogen) atoms. The van der Waals surface area contributed by atoms with Gasteiger partial charge >= 0.3 is 0 Å². The van der Waals surface area contributed by atoms with E-state index in [2.05, 4.69) is 41.0 Å². The van der Waals surface area contributed by atoms with Gasteiger partial charge in [-0.2, -0.15) is 4.57 Å². The molecule has 0 spiro atoms. The Hall–Kier alpha value is -3.40. The molecule has 2 heterocycles. The first-order valence-electron chi connectivity index (χ1n) is 9.66. The lowest BCUT2D eigenvalue weighted by atomic mass is 9.91. The number of hydrogen-bond donors (Lipinski definition) is 0. The maximum Gasteiger partial charge on any atom is 0.221 e. The Balaban J connectivity index is 1.85. The predicted octanol–water partition coefficient (Wildman–Crippen LogP) is 5.17. The molecule has 0 aliphatic carbocycles.